The van der Waals surface area contributed by atoms with Crippen LogP contribution in [0.2, 0.25) is 5.02 Å². The van der Waals surface area contributed by atoms with Crippen molar-refractivity contribution in [1.29, 1.82) is 0 Å². The Morgan fingerprint density at radius 2 is 1.96 bits per heavy atom. The third kappa shape index (κ3) is 3.73. The van der Waals surface area contributed by atoms with Crippen LogP contribution in [0.3, 0.4) is 0 Å². The Kier molecular flexibility index (Phi) is 5.05. The number of halogens is 1. The summed E-state index contributed by atoms with van der Waals surface area (Å²) in [7, 11) is 0. The van der Waals surface area contributed by atoms with Gasteiger partial charge in [-0.05, 0) is 11.6 Å². The fourth-order valence-electron chi connectivity index (χ4n) is 2.72. The molecule has 0 fully saturated rings. The summed E-state index contributed by atoms with van der Waals surface area (Å²) in [5, 5.41) is 13.2. The number of aromatic amines is 1. The molecule has 3 N–H and O–H groups in total. The highest BCUT2D eigenvalue weighted by Gasteiger charge is 2.24. The topological polar surface area (TPSA) is 99.8 Å². The number of carbonyl (C=O) groups is 2. The number of fused-ring (bicyclic) bond motifs is 1. The summed E-state index contributed by atoms with van der Waals surface area (Å²) in [6, 6.07) is 9.86. The Hall–Kier alpha value is -3.23. The summed E-state index contributed by atoms with van der Waals surface area (Å²) >= 11 is 7.41. The highest BCUT2D eigenvalue weighted by atomic mass is 35.5. The molecule has 0 aliphatic rings. The largest absolute Gasteiger partial charge is 0.336 e. The molecule has 28 heavy (non-hydrogen) atoms. The molecule has 0 aliphatic carbocycles. The third-order valence-corrected chi connectivity index (χ3v) is 5.43. The second kappa shape index (κ2) is 7.79. The molecule has 7 nitrogen and oxygen atoms in total. The van der Waals surface area contributed by atoms with Crippen LogP contribution >= 0.6 is 22.9 Å². The summed E-state index contributed by atoms with van der Waals surface area (Å²) in [5.74, 6) is -0.741. The number of H-pyrrole nitrogens is 1. The third-order valence-electron chi connectivity index (χ3n) is 4.06. The van der Waals surface area contributed by atoms with Crippen LogP contribution in [0.1, 0.15) is 21.3 Å². The van der Waals surface area contributed by atoms with Crippen LogP contribution in [0.25, 0.3) is 10.1 Å². The Labute approximate surface area is 168 Å². The van der Waals surface area contributed by atoms with Gasteiger partial charge in [0.25, 0.3) is 11.8 Å². The number of hydrogen-bond donors (Lipinski definition) is 3. The molecular formula is C19H14ClN5O2S. The minimum atomic E-state index is -0.873. The van der Waals surface area contributed by atoms with Gasteiger partial charge in [0.1, 0.15) is 6.04 Å². The van der Waals surface area contributed by atoms with Crippen LogP contribution in [0, 0.1) is 0 Å². The lowest BCUT2D eigenvalue weighted by Gasteiger charge is -2.18. The summed E-state index contributed by atoms with van der Waals surface area (Å²) < 4.78 is 0.803. The fraction of sp³-hybridized carbons (Fsp3) is 0.0526. The van der Waals surface area contributed by atoms with Gasteiger partial charge in [-0.2, -0.15) is 5.10 Å². The highest BCUT2D eigenvalue weighted by Crippen LogP contribution is 2.30. The number of hydrogen-bond acceptors (Lipinski definition) is 5. The van der Waals surface area contributed by atoms with Crippen LogP contribution in [-0.2, 0) is 4.79 Å². The molecule has 9 heteroatoms. The zero-order chi connectivity index (χ0) is 19.5. The van der Waals surface area contributed by atoms with Gasteiger partial charge in [-0.1, -0.05) is 41.9 Å². The van der Waals surface area contributed by atoms with Gasteiger partial charge in [-0.25, -0.2) is 0 Å². The molecule has 0 saturated carbocycles. The van der Waals surface area contributed by atoms with Crippen molar-refractivity contribution in [3.8, 4) is 0 Å². The standard InChI is InChI=1S/C19H14ClN5O2S/c20-14-9-21-10-16-13(14)6-15(28-16)18(26)25-17(11-4-2-1-3-5-11)19(27)24-12-7-22-23-8-12/h1-10,17H,(H,22,23)(H,24,27)(H,25,26). The number of aromatic nitrogens is 3. The number of pyridine rings is 1. The van der Waals surface area contributed by atoms with E-state index in [4.69, 9.17) is 11.6 Å². The zero-order valence-corrected chi connectivity index (χ0v) is 15.9. The number of nitrogens with one attached hydrogen (secondary N) is 3. The van der Waals surface area contributed by atoms with Crippen molar-refractivity contribution in [2.24, 2.45) is 0 Å². The zero-order valence-electron chi connectivity index (χ0n) is 14.3. The summed E-state index contributed by atoms with van der Waals surface area (Å²) in [5.41, 5.74) is 1.18. The minimum absolute atomic E-state index is 0.367. The molecule has 4 rings (SSSR count). The average Bonchev–Trinajstić information content (AvgIpc) is 3.37. The van der Waals surface area contributed by atoms with E-state index in [-0.39, 0.29) is 11.8 Å². The quantitative estimate of drug-likeness (QED) is 0.465. The number of thiophene rings is 1. The van der Waals surface area contributed by atoms with Crippen LogP contribution < -0.4 is 10.6 Å². The lowest BCUT2D eigenvalue weighted by atomic mass is 10.1. The van der Waals surface area contributed by atoms with Crippen LogP contribution in [0.5, 0.6) is 0 Å². The van der Waals surface area contributed by atoms with E-state index < -0.39 is 6.04 Å². The Morgan fingerprint density at radius 3 is 2.68 bits per heavy atom. The van der Waals surface area contributed by atoms with Crippen molar-refractivity contribution in [2.45, 2.75) is 6.04 Å². The molecule has 140 valence electrons. The fourth-order valence-corrected chi connectivity index (χ4v) is 3.95. The second-order valence-electron chi connectivity index (χ2n) is 5.94. The molecule has 4 aromatic rings. The van der Waals surface area contributed by atoms with Crippen molar-refractivity contribution >= 4 is 50.5 Å². The number of rotatable bonds is 5. The number of benzene rings is 1. The molecule has 2 amide bonds. The number of anilines is 1. The van der Waals surface area contributed by atoms with E-state index >= 15 is 0 Å². The van der Waals surface area contributed by atoms with E-state index in [0.29, 0.717) is 21.2 Å². The maximum absolute atomic E-state index is 12.9. The molecule has 3 aromatic heterocycles. The second-order valence-corrected chi connectivity index (χ2v) is 7.43. The number of nitrogens with zero attached hydrogens (tertiary/aromatic N) is 2. The highest BCUT2D eigenvalue weighted by molar-refractivity contribution is 7.20. The normalized spacial score (nSPS) is 11.9. The van der Waals surface area contributed by atoms with Crippen molar-refractivity contribution in [3.63, 3.8) is 0 Å². The van der Waals surface area contributed by atoms with E-state index in [0.717, 1.165) is 10.1 Å². The Balaban J connectivity index is 1.61. The van der Waals surface area contributed by atoms with Crippen molar-refractivity contribution in [2.75, 3.05) is 5.32 Å². The monoisotopic (exact) mass is 411 g/mol. The van der Waals surface area contributed by atoms with E-state index in [1.807, 2.05) is 18.2 Å². The van der Waals surface area contributed by atoms with Crippen LogP contribution in [-0.4, -0.2) is 27.0 Å². The summed E-state index contributed by atoms with van der Waals surface area (Å²) in [4.78, 5) is 30.1. The van der Waals surface area contributed by atoms with Gasteiger partial charge in [-0.3, -0.25) is 19.7 Å². The van der Waals surface area contributed by atoms with Crippen LogP contribution in [0.15, 0.2) is 61.2 Å². The summed E-state index contributed by atoms with van der Waals surface area (Å²) in [6.07, 6.45) is 6.23. The first-order valence-corrected chi connectivity index (χ1v) is 9.50. The molecular weight excluding hydrogens is 398 g/mol. The van der Waals surface area contributed by atoms with Gasteiger partial charge in [0.15, 0.2) is 0 Å². The van der Waals surface area contributed by atoms with Gasteiger partial charge in [0, 0.05) is 24.0 Å². The molecule has 1 unspecified atom stereocenters. The van der Waals surface area contributed by atoms with Gasteiger partial charge < -0.3 is 10.6 Å². The van der Waals surface area contributed by atoms with E-state index in [1.54, 1.807) is 30.6 Å². The molecule has 1 atom stereocenters. The van der Waals surface area contributed by atoms with Crippen LogP contribution in [0.4, 0.5) is 5.69 Å². The van der Waals surface area contributed by atoms with E-state index in [2.05, 4.69) is 25.8 Å². The first-order chi connectivity index (χ1) is 13.6. The predicted octanol–water partition coefficient (Wildman–Crippen LogP) is 3.78. The van der Waals surface area contributed by atoms with Crippen molar-refractivity contribution < 1.29 is 9.59 Å². The maximum atomic E-state index is 12.9. The molecule has 0 radical (unpaired) electrons. The van der Waals surface area contributed by atoms with Crippen molar-refractivity contribution in [3.05, 3.63) is 76.6 Å². The molecule has 0 saturated heterocycles. The predicted molar refractivity (Wildman–Crippen MR) is 108 cm³/mol. The van der Waals surface area contributed by atoms with Crippen molar-refractivity contribution in [1.82, 2.24) is 20.5 Å². The van der Waals surface area contributed by atoms with E-state index in [9.17, 15) is 9.59 Å². The first-order valence-electron chi connectivity index (χ1n) is 8.30. The van der Waals surface area contributed by atoms with Gasteiger partial charge in [-0.15, -0.1) is 11.3 Å². The Bertz CT molecular complexity index is 1130. The lowest BCUT2D eigenvalue weighted by Crippen LogP contribution is -2.36. The Morgan fingerprint density at radius 1 is 1.14 bits per heavy atom. The summed E-state index contributed by atoms with van der Waals surface area (Å²) in [6.45, 7) is 0. The lowest BCUT2D eigenvalue weighted by molar-refractivity contribution is -0.118. The first kappa shape index (κ1) is 18.1. The average molecular weight is 412 g/mol. The SMILES string of the molecule is O=C(NC(C(=O)Nc1cn[nH]c1)c1ccccc1)c1cc2c(Cl)cncc2s1. The van der Waals surface area contributed by atoms with E-state index in [1.165, 1.54) is 23.7 Å². The van der Waals surface area contributed by atoms with Gasteiger partial charge in [0.2, 0.25) is 0 Å². The molecule has 0 bridgehead atoms. The number of amides is 2. The smallest absolute Gasteiger partial charge is 0.262 e. The van der Waals surface area contributed by atoms with Gasteiger partial charge >= 0.3 is 0 Å². The molecule has 3 heterocycles. The maximum Gasteiger partial charge on any atom is 0.262 e. The van der Waals surface area contributed by atoms with Gasteiger partial charge in [0.05, 0.1) is 26.5 Å². The number of carbonyl (C=O) groups excluding carboxylic acids is 2. The minimum Gasteiger partial charge on any atom is -0.336 e. The molecule has 1 aromatic carbocycles. The molecule has 0 spiro atoms. The molecule has 0 aliphatic heterocycles.